The molecule has 0 fully saturated rings. The van der Waals surface area contributed by atoms with Gasteiger partial charge in [-0.15, -0.1) is 0 Å². The summed E-state index contributed by atoms with van der Waals surface area (Å²) in [5.41, 5.74) is 6.49. The highest BCUT2D eigenvalue weighted by molar-refractivity contribution is 5.92. The molecule has 2 nitrogen and oxygen atoms in total. The molecule has 134 valence electrons. The van der Waals surface area contributed by atoms with Gasteiger partial charge in [-0.25, -0.2) is 4.39 Å². The Morgan fingerprint density at radius 1 is 0.963 bits per heavy atom. The van der Waals surface area contributed by atoms with Crippen LogP contribution >= 0.6 is 0 Å². The largest absolute Gasteiger partial charge is 0.338 e. The number of fused-ring (bicyclic) bond motifs is 1. The van der Waals surface area contributed by atoms with E-state index in [0.717, 1.165) is 22.3 Å². The first kappa shape index (κ1) is 17.2. The zero-order valence-corrected chi connectivity index (χ0v) is 15.5. The molecule has 4 rings (SSSR count). The molecule has 0 bridgehead atoms. The van der Waals surface area contributed by atoms with Crippen LogP contribution in [0.5, 0.6) is 0 Å². The zero-order chi connectivity index (χ0) is 18.8. The number of pyridine rings is 1. The van der Waals surface area contributed by atoms with E-state index in [2.05, 4.69) is 53.7 Å². The lowest BCUT2D eigenvalue weighted by molar-refractivity contribution is 0.623. The van der Waals surface area contributed by atoms with Gasteiger partial charge in [0.15, 0.2) is 0 Å². The first-order chi connectivity index (χ1) is 13.1. The van der Waals surface area contributed by atoms with Crippen LogP contribution in [0.1, 0.15) is 28.1 Å². The zero-order valence-electron chi connectivity index (χ0n) is 15.5. The molecule has 27 heavy (non-hydrogen) atoms. The first-order valence-electron chi connectivity index (χ1n) is 9.05. The Bertz CT molecular complexity index is 1120. The normalized spacial score (nSPS) is 11.5. The second kappa shape index (κ2) is 7.20. The van der Waals surface area contributed by atoms with E-state index < -0.39 is 0 Å². The van der Waals surface area contributed by atoms with Crippen molar-refractivity contribution < 1.29 is 4.39 Å². The quantitative estimate of drug-likeness (QED) is 0.438. The molecule has 0 atom stereocenters. The minimum Gasteiger partial charge on any atom is -0.338 e. The minimum absolute atomic E-state index is 0.208. The molecule has 0 saturated carbocycles. The summed E-state index contributed by atoms with van der Waals surface area (Å²) in [6.07, 6.45) is 5.98. The van der Waals surface area contributed by atoms with Gasteiger partial charge in [0.2, 0.25) is 0 Å². The van der Waals surface area contributed by atoms with Gasteiger partial charge >= 0.3 is 0 Å². The number of rotatable bonds is 4. The van der Waals surface area contributed by atoms with Crippen LogP contribution in [-0.4, -0.2) is 9.55 Å². The Morgan fingerprint density at radius 3 is 2.56 bits per heavy atom. The van der Waals surface area contributed by atoms with Crippen molar-refractivity contribution in [2.24, 2.45) is 0 Å². The fourth-order valence-corrected chi connectivity index (χ4v) is 3.50. The molecule has 0 amide bonds. The smallest absolute Gasteiger partial charge is 0.123 e. The van der Waals surface area contributed by atoms with Crippen molar-refractivity contribution in [1.82, 2.24) is 9.55 Å². The van der Waals surface area contributed by atoms with E-state index in [0.29, 0.717) is 6.54 Å². The number of aryl methyl sites for hydroxylation is 1. The molecule has 4 aromatic rings. The van der Waals surface area contributed by atoms with E-state index in [4.69, 9.17) is 0 Å². The maximum atomic E-state index is 13.6. The van der Waals surface area contributed by atoms with Gasteiger partial charge in [0.25, 0.3) is 0 Å². The Labute approximate surface area is 158 Å². The van der Waals surface area contributed by atoms with Crippen LogP contribution in [0, 0.1) is 19.7 Å². The van der Waals surface area contributed by atoms with Crippen molar-refractivity contribution in [2.45, 2.75) is 20.4 Å². The van der Waals surface area contributed by atoms with Crippen molar-refractivity contribution in [3.05, 3.63) is 101 Å². The monoisotopic (exact) mass is 356 g/mol. The Hall–Kier alpha value is -3.20. The molecular formula is C24H21FN2. The second-order valence-electron chi connectivity index (χ2n) is 6.76. The average molecular weight is 356 g/mol. The van der Waals surface area contributed by atoms with E-state index in [1.807, 2.05) is 30.5 Å². The molecule has 0 saturated heterocycles. The predicted octanol–water partition coefficient (Wildman–Crippen LogP) is 6.01. The molecule has 0 aliphatic rings. The summed E-state index contributed by atoms with van der Waals surface area (Å²) in [6.45, 7) is 4.86. The van der Waals surface area contributed by atoms with Crippen molar-refractivity contribution in [3.63, 3.8) is 0 Å². The SMILES string of the molecule is Cc1c(C)n(Cc2cccc(F)c2)c2c(C=Cc3ccccc3)nccc12. The van der Waals surface area contributed by atoms with Gasteiger partial charge in [0.1, 0.15) is 5.82 Å². The van der Waals surface area contributed by atoms with Crippen molar-refractivity contribution in [2.75, 3.05) is 0 Å². The van der Waals surface area contributed by atoms with Gasteiger partial charge in [0, 0.05) is 23.8 Å². The highest BCUT2D eigenvalue weighted by Crippen LogP contribution is 2.29. The summed E-state index contributed by atoms with van der Waals surface area (Å²) >= 11 is 0. The van der Waals surface area contributed by atoms with E-state index in [-0.39, 0.29) is 5.82 Å². The Balaban J connectivity index is 1.83. The third kappa shape index (κ3) is 3.41. The molecule has 2 heterocycles. The highest BCUT2D eigenvalue weighted by Gasteiger charge is 2.14. The lowest BCUT2D eigenvalue weighted by atomic mass is 10.1. The molecule has 0 unspecified atom stereocenters. The van der Waals surface area contributed by atoms with Gasteiger partial charge < -0.3 is 4.57 Å². The fraction of sp³-hybridized carbons (Fsp3) is 0.125. The summed E-state index contributed by atoms with van der Waals surface area (Å²) in [5, 5.41) is 1.19. The molecule has 0 spiro atoms. The third-order valence-electron chi connectivity index (χ3n) is 5.04. The van der Waals surface area contributed by atoms with Crippen LogP contribution in [0.25, 0.3) is 23.1 Å². The maximum absolute atomic E-state index is 13.6. The predicted molar refractivity (Wildman–Crippen MR) is 110 cm³/mol. The number of aromatic nitrogens is 2. The summed E-state index contributed by atoms with van der Waals surface area (Å²) in [5.74, 6) is -0.208. The molecular weight excluding hydrogens is 335 g/mol. The number of nitrogens with zero attached hydrogens (tertiary/aromatic N) is 2. The van der Waals surface area contributed by atoms with Crippen LogP contribution in [-0.2, 0) is 6.54 Å². The van der Waals surface area contributed by atoms with Gasteiger partial charge in [-0.2, -0.15) is 0 Å². The van der Waals surface area contributed by atoms with E-state index in [1.54, 1.807) is 12.1 Å². The Morgan fingerprint density at radius 2 is 1.78 bits per heavy atom. The minimum atomic E-state index is -0.208. The van der Waals surface area contributed by atoms with Crippen LogP contribution in [0.3, 0.4) is 0 Å². The van der Waals surface area contributed by atoms with Gasteiger partial charge in [-0.05, 0) is 54.8 Å². The summed E-state index contributed by atoms with van der Waals surface area (Å²) in [4.78, 5) is 4.61. The van der Waals surface area contributed by atoms with Gasteiger partial charge in [-0.3, -0.25) is 4.98 Å². The van der Waals surface area contributed by atoms with Crippen LogP contribution in [0.4, 0.5) is 4.39 Å². The number of halogens is 1. The molecule has 2 aromatic heterocycles. The molecule has 0 aliphatic carbocycles. The Kier molecular flexibility index (Phi) is 4.59. The molecule has 0 radical (unpaired) electrons. The lowest BCUT2D eigenvalue weighted by Crippen LogP contribution is -2.03. The van der Waals surface area contributed by atoms with Crippen molar-refractivity contribution >= 4 is 23.1 Å². The highest BCUT2D eigenvalue weighted by atomic mass is 19.1. The number of hydrogen-bond donors (Lipinski definition) is 0. The topological polar surface area (TPSA) is 17.8 Å². The summed E-state index contributed by atoms with van der Waals surface area (Å²) in [6, 6.07) is 19.0. The van der Waals surface area contributed by atoms with E-state index in [1.165, 1.54) is 22.7 Å². The number of hydrogen-bond acceptors (Lipinski definition) is 1. The van der Waals surface area contributed by atoms with Gasteiger partial charge in [-0.1, -0.05) is 48.5 Å². The summed E-state index contributed by atoms with van der Waals surface area (Å²) in [7, 11) is 0. The van der Waals surface area contributed by atoms with Crippen LogP contribution in [0.15, 0.2) is 66.9 Å². The molecule has 0 N–H and O–H groups in total. The third-order valence-corrected chi connectivity index (χ3v) is 5.04. The molecule has 0 aliphatic heterocycles. The molecule has 2 aromatic carbocycles. The second-order valence-corrected chi connectivity index (χ2v) is 6.76. The van der Waals surface area contributed by atoms with E-state index in [9.17, 15) is 4.39 Å². The standard InChI is InChI=1S/C24H21FN2/c1-17-18(2)27(16-20-9-6-10-21(25)15-20)24-22(17)13-14-26-23(24)12-11-19-7-4-3-5-8-19/h3-15H,16H2,1-2H3. The van der Waals surface area contributed by atoms with Gasteiger partial charge in [0.05, 0.1) is 11.2 Å². The van der Waals surface area contributed by atoms with Crippen molar-refractivity contribution in [3.8, 4) is 0 Å². The van der Waals surface area contributed by atoms with Crippen LogP contribution < -0.4 is 0 Å². The fourth-order valence-electron chi connectivity index (χ4n) is 3.50. The lowest BCUT2D eigenvalue weighted by Gasteiger charge is -2.10. The first-order valence-corrected chi connectivity index (χ1v) is 9.05. The average Bonchev–Trinajstić information content (AvgIpc) is 2.93. The van der Waals surface area contributed by atoms with Crippen molar-refractivity contribution in [1.29, 1.82) is 0 Å². The van der Waals surface area contributed by atoms with Crippen LogP contribution in [0.2, 0.25) is 0 Å². The molecule has 3 heteroatoms. The number of benzene rings is 2. The summed E-state index contributed by atoms with van der Waals surface area (Å²) < 4.78 is 15.9. The maximum Gasteiger partial charge on any atom is 0.123 e. The van der Waals surface area contributed by atoms with E-state index >= 15 is 0 Å².